The second kappa shape index (κ2) is 9.28. The number of para-hydroxylation sites is 1. The molecule has 32 heavy (non-hydrogen) atoms. The van der Waals surface area contributed by atoms with Gasteiger partial charge < -0.3 is 24.0 Å². The van der Waals surface area contributed by atoms with E-state index in [1.54, 1.807) is 11.0 Å². The van der Waals surface area contributed by atoms with E-state index in [0.717, 1.165) is 17.7 Å². The first-order valence-corrected chi connectivity index (χ1v) is 11.1. The fourth-order valence-electron chi connectivity index (χ4n) is 4.00. The molecule has 2 aromatic carbocycles. The number of esters is 1. The van der Waals surface area contributed by atoms with Crippen molar-refractivity contribution in [2.24, 2.45) is 0 Å². The fourth-order valence-corrected chi connectivity index (χ4v) is 4.18. The minimum atomic E-state index is -0.592. The van der Waals surface area contributed by atoms with Crippen LogP contribution in [0.1, 0.15) is 19.4 Å². The molecule has 0 N–H and O–H groups in total. The van der Waals surface area contributed by atoms with Crippen LogP contribution in [0.4, 0.5) is 5.69 Å². The van der Waals surface area contributed by atoms with Gasteiger partial charge in [-0.05, 0) is 38.1 Å². The van der Waals surface area contributed by atoms with Crippen LogP contribution in [0.2, 0.25) is 5.02 Å². The molecule has 0 unspecified atom stereocenters. The zero-order chi connectivity index (χ0) is 22.7. The monoisotopic (exact) mass is 458 g/mol. The summed E-state index contributed by atoms with van der Waals surface area (Å²) >= 11 is 6.06. The standard InChI is InChI=1S/C24H27ClN2O5/c1-24(2)14-17-5-3-8-20(23(17)32-24)30-16-22(29)31-15-21(28)27-11-9-26(10-12-27)19-7-4-6-18(25)13-19/h3-8,13H,9-12,14-16H2,1-2H3. The summed E-state index contributed by atoms with van der Waals surface area (Å²) in [5, 5.41) is 0.686. The zero-order valence-electron chi connectivity index (χ0n) is 18.3. The van der Waals surface area contributed by atoms with E-state index in [-0.39, 0.29) is 24.7 Å². The van der Waals surface area contributed by atoms with E-state index >= 15 is 0 Å². The molecule has 1 amide bonds. The zero-order valence-corrected chi connectivity index (χ0v) is 19.1. The number of hydrogen-bond donors (Lipinski definition) is 0. The van der Waals surface area contributed by atoms with Crippen molar-refractivity contribution >= 4 is 29.2 Å². The molecule has 0 aromatic heterocycles. The third kappa shape index (κ3) is 5.27. The number of ether oxygens (including phenoxy) is 3. The number of carbonyl (C=O) groups is 2. The van der Waals surface area contributed by atoms with Crippen molar-refractivity contribution in [2.75, 3.05) is 44.3 Å². The first-order valence-electron chi connectivity index (χ1n) is 10.7. The predicted octanol–water partition coefficient (Wildman–Crippen LogP) is 3.32. The number of amides is 1. The van der Waals surface area contributed by atoms with E-state index < -0.39 is 5.97 Å². The van der Waals surface area contributed by atoms with Crippen LogP contribution in [0.3, 0.4) is 0 Å². The maximum atomic E-state index is 12.4. The molecule has 2 aromatic rings. The Labute approximate surface area is 192 Å². The number of piperazine rings is 1. The van der Waals surface area contributed by atoms with Crippen LogP contribution < -0.4 is 14.4 Å². The molecule has 0 radical (unpaired) electrons. The normalized spacial score (nSPS) is 16.8. The maximum Gasteiger partial charge on any atom is 0.344 e. The van der Waals surface area contributed by atoms with Crippen molar-refractivity contribution in [1.29, 1.82) is 0 Å². The van der Waals surface area contributed by atoms with Crippen molar-refractivity contribution in [3.05, 3.63) is 53.1 Å². The van der Waals surface area contributed by atoms with Gasteiger partial charge in [-0.15, -0.1) is 0 Å². The Morgan fingerprint density at radius 1 is 1.06 bits per heavy atom. The van der Waals surface area contributed by atoms with Crippen molar-refractivity contribution in [1.82, 2.24) is 4.90 Å². The molecule has 2 aliphatic heterocycles. The van der Waals surface area contributed by atoms with Crippen molar-refractivity contribution in [2.45, 2.75) is 25.9 Å². The highest BCUT2D eigenvalue weighted by Gasteiger charge is 2.32. The lowest BCUT2D eigenvalue weighted by Crippen LogP contribution is -2.50. The van der Waals surface area contributed by atoms with E-state index in [4.69, 9.17) is 25.8 Å². The first kappa shape index (κ1) is 22.3. The van der Waals surface area contributed by atoms with Gasteiger partial charge in [0.15, 0.2) is 24.7 Å². The summed E-state index contributed by atoms with van der Waals surface area (Å²) in [5.74, 6) is 0.369. The molecule has 1 fully saturated rings. The van der Waals surface area contributed by atoms with Crippen LogP contribution in [0, 0.1) is 0 Å². The molecule has 8 heteroatoms. The van der Waals surface area contributed by atoms with Gasteiger partial charge in [0.25, 0.3) is 5.91 Å². The molecule has 0 saturated carbocycles. The Bertz CT molecular complexity index is 1000. The smallest absolute Gasteiger partial charge is 0.344 e. The largest absolute Gasteiger partial charge is 0.483 e. The second-order valence-corrected chi connectivity index (χ2v) is 9.02. The molecule has 1 saturated heterocycles. The van der Waals surface area contributed by atoms with E-state index in [9.17, 15) is 9.59 Å². The summed E-state index contributed by atoms with van der Waals surface area (Å²) in [5.41, 5.74) is 1.78. The molecule has 2 aliphatic rings. The van der Waals surface area contributed by atoms with Crippen molar-refractivity contribution in [3.8, 4) is 11.5 Å². The summed E-state index contributed by atoms with van der Waals surface area (Å²) in [7, 11) is 0. The van der Waals surface area contributed by atoms with Gasteiger partial charge in [0.05, 0.1) is 0 Å². The van der Waals surface area contributed by atoms with Gasteiger partial charge in [-0.25, -0.2) is 4.79 Å². The highest BCUT2D eigenvalue weighted by Crippen LogP contribution is 2.41. The molecule has 4 rings (SSSR count). The summed E-state index contributed by atoms with van der Waals surface area (Å²) in [4.78, 5) is 28.4. The van der Waals surface area contributed by atoms with Crippen molar-refractivity contribution in [3.63, 3.8) is 0 Å². The maximum absolute atomic E-state index is 12.4. The Kier molecular flexibility index (Phi) is 6.46. The number of anilines is 1. The van der Waals surface area contributed by atoms with Gasteiger partial charge in [0, 0.05) is 48.9 Å². The first-order chi connectivity index (χ1) is 15.3. The summed E-state index contributed by atoms with van der Waals surface area (Å²) in [6.45, 7) is 5.94. The van der Waals surface area contributed by atoms with Crippen LogP contribution in [-0.2, 0) is 20.7 Å². The number of fused-ring (bicyclic) bond motifs is 1. The molecule has 0 spiro atoms. The minimum absolute atomic E-state index is 0.213. The molecule has 0 aliphatic carbocycles. The van der Waals surface area contributed by atoms with Gasteiger partial charge in [-0.2, -0.15) is 0 Å². The van der Waals surface area contributed by atoms with Gasteiger partial charge in [-0.3, -0.25) is 4.79 Å². The van der Waals surface area contributed by atoms with Gasteiger partial charge in [0.1, 0.15) is 5.60 Å². The predicted molar refractivity (Wildman–Crippen MR) is 122 cm³/mol. The van der Waals surface area contributed by atoms with Crippen molar-refractivity contribution < 1.29 is 23.8 Å². The Morgan fingerprint density at radius 2 is 1.81 bits per heavy atom. The number of carbonyl (C=O) groups excluding carboxylic acids is 2. The third-order valence-corrected chi connectivity index (χ3v) is 5.80. The molecular weight excluding hydrogens is 432 g/mol. The molecule has 0 atom stereocenters. The molecule has 2 heterocycles. The Hall–Kier alpha value is -2.93. The van der Waals surface area contributed by atoms with E-state index in [1.165, 1.54) is 0 Å². The van der Waals surface area contributed by atoms with E-state index in [2.05, 4.69) is 4.90 Å². The Balaban J connectivity index is 1.21. The molecular formula is C24H27ClN2O5. The van der Waals surface area contributed by atoms with Crippen LogP contribution in [0.5, 0.6) is 11.5 Å². The van der Waals surface area contributed by atoms with E-state index in [0.29, 0.717) is 42.7 Å². The van der Waals surface area contributed by atoms with Crippen LogP contribution in [0.25, 0.3) is 0 Å². The number of hydrogen-bond acceptors (Lipinski definition) is 6. The SMILES string of the molecule is CC1(C)Cc2cccc(OCC(=O)OCC(=O)N3CCN(c4cccc(Cl)c4)CC3)c2O1. The lowest BCUT2D eigenvalue weighted by Gasteiger charge is -2.36. The molecule has 7 nitrogen and oxygen atoms in total. The van der Waals surface area contributed by atoms with Gasteiger partial charge in [0.2, 0.25) is 0 Å². The second-order valence-electron chi connectivity index (χ2n) is 8.58. The summed E-state index contributed by atoms with van der Waals surface area (Å²) < 4.78 is 16.7. The number of halogens is 1. The van der Waals surface area contributed by atoms with E-state index in [1.807, 2.05) is 50.2 Å². The Morgan fingerprint density at radius 3 is 2.56 bits per heavy atom. The van der Waals surface area contributed by atoms with Gasteiger partial charge in [-0.1, -0.05) is 29.8 Å². The quantitative estimate of drug-likeness (QED) is 0.618. The van der Waals surface area contributed by atoms with Crippen LogP contribution in [0.15, 0.2) is 42.5 Å². The topological polar surface area (TPSA) is 68.3 Å². The highest BCUT2D eigenvalue weighted by molar-refractivity contribution is 6.30. The summed E-state index contributed by atoms with van der Waals surface area (Å²) in [6, 6.07) is 13.3. The average Bonchev–Trinajstić information content (AvgIpc) is 3.10. The highest BCUT2D eigenvalue weighted by atomic mass is 35.5. The number of benzene rings is 2. The minimum Gasteiger partial charge on any atom is -0.483 e. The fraction of sp³-hybridized carbons (Fsp3) is 0.417. The lowest BCUT2D eigenvalue weighted by molar-refractivity contribution is -0.153. The number of rotatable bonds is 6. The van der Waals surface area contributed by atoms with Gasteiger partial charge >= 0.3 is 5.97 Å². The summed E-state index contributed by atoms with van der Waals surface area (Å²) in [6.07, 6.45) is 0.781. The lowest BCUT2D eigenvalue weighted by atomic mass is 10.0. The van der Waals surface area contributed by atoms with Crippen LogP contribution >= 0.6 is 11.6 Å². The van der Waals surface area contributed by atoms with Crippen LogP contribution in [-0.4, -0.2) is 61.8 Å². The average molecular weight is 459 g/mol. The molecule has 0 bridgehead atoms. The molecule has 170 valence electrons. The third-order valence-electron chi connectivity index (χ3n) is 5.56. The number of nitrogens with zero attached hydrogens (tertiary/aromatic N) is 2.